The Morgan fingerprint density at radius 3 is 2.12 bits per heavy atom. The fourth-order valence-electron chi connectivity index (χ4n) is 1.61. The molecule has 0 saturated carbocycles. The maximum absolute atomic E-state index is 13.3. The maximum atomic E-state index is 13.3. The van der Waals surface area contributed by atoms with Gasteiger partial charge in [-0.2, -0.15) is 0 Å². The minimum absolute atomic E-state index is 0.0134. The molecule has 0 aliphatic rings. The quantitative estimate of drug-likeness (QED) is 0.804. The zero-order valence-corrected chi connectivity index (χ0v) is 9.49. The van der Waals surface area contributed by atoms with Crippen LogP contribution >= 0.6 is 0 Å². The van der Waals surface area contributed by atoms with Crippen LogP contribution in [0.5, 0.6) is 0 Å². The zero-order chi connectivity index (χ0) is 12.1. The lowest BCUT2D eigenvalue weighted by Gasteiger charge is -2.18. The highest BCUT2D eigenvalue weighted by molar-refractivity contribution is 5.47. The van der Waals surface area contributed by atoms with Crippen molar-refractivity contribution in [2.24, 2.45) is 0 Å². The zero-order valence-electron chi connectivity index (χ0n) is 9.49. The van der Waals surface area contributed by atoms with Crippen molar-refractivity contribution in [1.29, 1.82) is 0 Å². The van der Waals surface area contributed by atoms with E-state index in [1.165, 1.54) is 0 Å². The first kappa shape index (κ1) is 12.9. The largest absolute Gasteiger partial charge is 0.378 e. The Bertz CT molecular complexity index is 329. The third kappa shape index (κ3) is 3.15. The van der Waals surface area contributed by atoms with E-state index in [-0.39, 0.29) is 11.7 Å². The first-order chi connectivity index (χ1) is 7.58. The van der Waals surface area contributed by atoms with Gasteiger partial charge in [0.1, 0.15) is 11.5 Å². The van der Waals surface area contributed by atoms with Crippen LogP contribution in [-0.2, 0) is 0 Å². The average molecular weight is 231 g/mol. The molecule has 1 N–H and O–H groups in total. The van der Waals surface area contributed by atoms with E-state index in [1.54, 1.807) is 0 Å². The monoisotopic (exact) mass is 231 g/mol. The summed E-state index contributed by atoms with van der Waals surface area (Å²) < 4.78 is 39.3. The fourth-order valence-corrected chi connectivity index (χ4v) is 1.61. The smallest absolute Gasteiger partial charge is 0.152 e. The van der Waals surface area contributed by atoms with Gasteiger partial charge in [0.2, 0.25) is 0 Å². The topological polar surface area (TPSA) is 12.0 Å². The molecule has 4 heteroatoms. The van der Waals surface area contributed by atoms with E-state index in [9.17, 15) is 13.2 Å². The van der Waals surface area contributed by atoms with Crippen LogP contribution in [0.4, 0.5) is 18.9 Å². The van der Waals surface area contributed by atoms with Gasteiger partial charge in [-0.1, -0.05) is 20.3 Å². The Hall–Kier alpha value is -1.19. The molecule has 1 nitrogen and oxygen atoms in total. The van der Waals surface area contributed by atoms with Crippen LogP contribution in [0.25, 0.3) is 0 Å². The summed E-state index contributed by atoms with van der Waals surface area (Å²) in [7, 11) is 0. The molecule has 0 bridgehead atoms. The molecule has 1 aromatic carbocycles. The Morgan fingerprint density at radius 1 is 1.12 bits per heavy atom. The lowest BCUT2D eigenvalue weighted by Crippen LogP contribution is -2.19. The van der Waals surface area contributed by atoms with E-state index in [2.05, 4.69) is 5.32 Å². The van der Waals surface area contributed by atoms with E-state index in [0.717, 1.165) is 19.3 Å². The lowest BCUT2D eigenvalue weighted by atomic mass is 10.1. The molecule has 1 rings (SSSR count). The standard InChI is InChI=1S/C12H16F3N/c1-3-5-9(4-2)16-12-10(14)6-8(13)7-11(12)15/h6-7,9,16H,3-5H2,1-2H3. The molecule has 1 atom stereocenters. The van der Waals surface area contributed by atoms with E-state index >= 15 is 0 Å². The molecule has 1 unspecified atom stereocenters. The third-order valence-corrected chi connectivity index (χ3v) is 2.49. The number of hydrogen-bond acceptors (Lipinski definition) is 1. The maximum Gasteiger partial charge on any atom is 0.152 e. The minimum Gasteiger partial charge on any atom is -0.378 e. The molecular weight excluding hydrogens is 215 g/mol. The molecule has 90 valence electrons. The van der Waals surface area contributed by atoms with Crippen LogP contribution in [-0.4, -0.2) is 6.04 Å². The normalized spacial score (nSPS) is 12.6. The van der Waals surface area contributed by atoms with E-state index < -0.39 is 17.5 Å². The van der Waals surface area contributed by atoms with Gasteiger partial charge >= 0.3 is 0 Å². The molecule has 0 radical (unpaired) electrons. The summed E-state index contributed by atoms with van der Waals surface area (Å²) in [6.45, 7) is 3.94. The SMILES string of the molecule is CCCC(CC)Nc1c(F)cc(F)cc1F. The second-order valence-corrected chi connectivity index (χ2v) is 3.78. The molecule has 1 aromatic rings. The molecule has 16 heavy (non-hydrogen) atoms. The van der Waals surface area contributed by atoms with Crippen molar-refractivity contribution in [1.82, 2.24) is 0 Å². The highest BCUT2D eigenvalue weighted by atomic mass is 19.1. The Labute approximate surface area is 93.7 Å². The van der Waals surface area contributed by atoms with Crippen LogP contribution in [0, 0.1) is 17.5 Å². The molecule has 0 aliphatic heterocycles. The van der Waals surface area contributed by atoms with Crippen LogP contribution in [0.1, 0.15) is 33.1 Å². The fraction of sp³-hybridized carbons (Fsp3) is 0.500. The van der Waals surface area contributed by atoms with E-state index in [4.69, 9.17) is 0 Å². The first-order valence-electron chi connectivity index (χ1n) is 5.49. The molecule has 0 amide bonds. The van der Waals surface area contributed by atoms with Crippen molar-refractivity contribution in [2.45, 2.75) is 39.2 Å². The van der Waals surface area contributed by atoms with Crippen LogP contribution in [0.15, 0.2) is 12.1 Å². The summed E-state index contributed by atoms with van der Waals surface area (Å²) in [6.07, 6.45) is 2.52. The van der Waals surface area contributed by atoms with E-state index in [1.807, 2.05) is 13.8 Å². The predicted octanol–water partition coefficient (Wildman–Crippen LogP) is 4.09. The molecule has 0 aliphatic carbocycles. The summed E-state index contributed by atoms with van der Waals surface area (Å²) in [4.78, 5) is 0. The van der Waals surface area contributed by atoms with Gasteiger partial charge in [-0.05, 0) is 12.8 Å². The van der Waals surface area contributed by atoms with Gasteiger partial charge in [-0.3, -0.25) is 0 Å². The van der Waals surface area contributed by atoms with Crippen molar-refractivity contribution in [3.05, 3.63) is 29.6 Å². The Morgan fingerprint density at radius 2 is 1.69 bits per heavy atom. The highest BCUT2D eigenvalue weighted by Gasteiger charge is 2.14. The van der Waals surface area contributed by atoms with Crippen molar-refractivity contribution in [2.75, 3.05) is 5.32 Å². The molecule has 0 aromatic heterocycles. The molecule has 0 fully saturated rings. The van der Waals surface area contributed by atoms with Crippen LogP contribution < -0.4 is 5.32 Å². The molecule has 0 saturated heterocycles. The van der Waals surface area contributed by atoms with Gasteiger partial charge in [-0.15, -0.1) is 0 Å². The number of benzene rings is 1. The number of rotatable bonds is 5. The first-order valence-corrected chi connectivity index (χ1v) is 5.49. The summed E-state index contributed by atoms with van der Waals surface area (Å²) in [5.74, 6) is -2.66. The number of anilines is 1. The second-order valence-electron chi connectivity index (χ2n) is 3.78. The second kappa shape index (κ2) is 5.77. The average Bonchev–Trinajstić information content (AvgIpc) is 2.21. The summed E-state index contributed by atoms with van der Waals surface area (Å²) in [5, 5.41) is 2.78. The molecule has 0 spiro atoms. The van der Waals surface area contributed by atoms with Gasteiger partial charge in [-0.25, -0.2) is 13.2 Å². The Kier molecular flexibility index (Phi) is 4.65. The predicted molar refractivity (Wildman–Crippen MR) is 58.9 cm³/mol. The number of halogens is 3. The van der Waals surface area contributed by atoms with Crippen molar-refractivity contribution in [3.8, 4) is 0 Å². The minimum atomic E-state index is -0.899. The molecule has 0 heterocycles. The van der Waals surface area contributed by atoms with E-state index in [0.29, 0.717) is 12.1 Å². The summed E-state index contributed by atoms with van der Waals surface area (Å²) in [6, 6.07) is 1.38. The summed E-state index contributed by atoms with van der Waals surface area (Å²) >= 11 is 0. The highest BCUT2D eigenvalue weighted by Crippen LogP contribution is 2.22. The van der Waals surface area contributed by atoms with Gasteiger partial charge in [0.25, 0.3) is 0 Å². The Balaban J connectivity index is 2.87. The molecular formula is C12H16F3N. The van der Waals surface area contributed by atoms with Crippen molar-refractivity contribution in [3.63, 3.8) is 0 Å². The third-order valence-electron chi connectivity index (χ3n) is 2.49. The van der Waals surface area contributed by atoms with Gasteiger partial charge in [0.05, 0.1) is 0 Å². The van der Waals surface area contributed by atoms with Crippen LogP contribution in [0.3, 0.4) is 0 Å². The van der Waals surface area contributed by atoms with Gasteiger partial charge in [0.15, 0.2) is 11.6 Å². The van der Waals surface area contributed by atoms with Crippen molar-refractivity contribution < 1.29 is 13.2 Å². The van der Waals surface area contributed by atoms with Crippen LogP contribution in [0.2, 0.25) is 0 Å². The van der Waals surface area contributed by atoms with Gasteiger partial charge < -0.3 is 5.32 Å². The number of nitrogens with one attached hydrogen (secondary N) is 1. The van der Waals surface area contributed by atoms with Gasteiger partial charge in [0, 0.05) is 18.2 Å². The summed E-state index contributed by atoms with van der Waals surface area (Å²) in [5.41, 5.74) is -0.235. The lowest BCUT2D eigenvalue weighted by molar-refractivity contribution is 0.537. The number of hydrogen-bond donors (Lipinski definition) is 1. The van der Waals surface area contributed by atoms with Crippen molar-refractivity contribution >= 4 is 5.69 Å².